The summed E-state index contributed by atoms with van der Waals surface area (Å²) in [5, 5.41) is 3.30. The smallest absolute Gasteiger partial charge is 0.175 e. The van der Waals surface area contributed by atoms with Gasteiger partial charge in [0.25, 0.3) is 0 Å². The summed E-state index contributed by atoms with van der Waals surface area (Å²) in [6, 6.07) is 6.92. The predicted octanol–water partition coefficient (Wildman–Crippen LogP) is 1.97. The minimum atomic E-state index is -3.12. The molecule has 1 rings (SSSR count). The fourth-order valence-electron chi connectivity index (χ4n) is 1.89. The van der Waals surface area contributed by atoms with E-state index in [0.29, 0.717) is 24.7 Å². The zero-order valence-corrected chi connectivity index (χ0v) is 13.8. The molecule has 0 saturated carbocycles. The number of ether oxygens (including phenoxy) is 2. The van der Waals surface area contributed by atoms with Gasteiger partial charge in [-0.2, -0.15) is 0 Å². The first-order valence-electron chi connectivity index (χ1n) is 7.20. The molecule has 120 valence electrons. The van der Waals surface area contributed by atoms with Gasteiger partial charge in [0.15, 0.2) is 16.1 Å². The van der Waals surface area contributed by atoms with Crippen LogP contribution in [0, 0.1) is 0 Å². The van der Waals surface area contributed by atoms with Crippen molar-refractivity contribution < 1.29 is 17.9 Å². The van der Waals surface area contributed by atoms with Crippen LogP contribution < -0.4 is 5.32 Å². The molecule has 0 spiro atoms. The Labute approximate surface area is 127 Å². The van der Waals surface area contributed by atoms with E-state index in [2.05, 4.69) is 5.32 Å². The average molecular weight is 315 g/mol. The summed E-state index contributed by atoms with van der Waals surface area (Å²) in [4.78, 5) is 0.346. The maximum absolute atomic E-state index is 11.4. The van der Waals surface area contributed by atoms with Gasteiger partial charge in [-0.05, 0) is 31.5 Å². The second kappa shape index (κ2) is 9.15. The molecule has 0 unspecified atom stereocenters. The molecule has 0 saturated heterocycles. The highest BCUT2D eigenvalue weighted by Crippen LogP contribution is 2.10. The molecule has 21 heavy (non-hydrogen) atoms. The van der Waals surface area contributed by atoms with Crippen molar-refractivity contribution >= 4 is 9.84 Å². The quantitative estimate of drug-likeness (QED) is 0.528. The summed E-state index contributed by atoms with van der Waals surface area (Å²) in [6.45, 7) is 6.63. The zero-order valence-electron chi connectivity index (χ0n) is 13.0. The van der Waals surface area contributed by atoms with Gasteiger partial charge in [0, 0.05) is 39.0 Å². The second-order valence-corrected chi connectivity index (χ2v) is 6.74. The van der Waals surface area contributed by atoms with Crippen molar-refractivity contribution in [3.05, 3.63) is 29.8 Å². The minimum absolute atomic E-state index is 0.167. The molecule has 0 aliphatic carbocycles. The maximum atomic E-state index is 11.4. The fraction of sp³-hybridized carbons (Fsp3) is 0.600. The first-order valence-corrected chi connectivity index (χ1v) is 9.09. The van der Waals surface area contributed by atoms with Crippen molar-refractivity contribution in [1.82, 2.24) is 5.32 Å². The average Bonchev–Trinajstić information content (AvgIpc) is 2.43. The van der Waals surface area contributed by atoms with E-state index < -0.39 is 9.84 Å². The molecule has 0 bridgehead atoms. The fourth-order valence-corrected chi connectivity index (χ4v) is 2.52. The third-order valence-corrected chi connectivity index (χ3v) is 4.07. The SMILES string of the molecule is CCOC(CCNCc1ccc(S(C)(=O)=O)cc1)OCC. The number of hydrogen-bond donors (Lipinski definition) is 1. The van der Waals surface area contributed by atoms with Gasteiger partial charge in [-0.15, -0.1) is 0 Å². The van der Waals surface area contributed by atoms with Gasteiger partial charge in [0.05, 0.1) is 4.90 Å². The van der Waals surface area contributed by atoms with Crippen molar-refractivity contribution in [3.63, 3.8) is 0 Å². The van der Waals surface area contributed by atoms with Gasteiger partial charge in [-0.3, -0.25) is 0 Å². The van der Waals surface area contributed by atoms with E-state index >= 15 is 0 Å². The molecule has 0 aliphatic rings. The largest absolute Gasteiger partial charge is 0.353 e. The van der Waals surface area contributed by atoms with Gasteiger partial charge < -0.3 is 14.8 Å². The molecular weight excluding hydrogens is 290 g/mol. The maximum Gasteiger partial charge on any atom is 0.175 e. The molecule has 1 N–H and O–H groups in total. The van der Waals surface area contributed by atoms with Crippen LogP contribution in [0.25, 0.3) is 0 Å². The third-order valence-electron chi connectivity index (χ3n) is 2.94. The first kappa shape index (κ1) is 18.1. The van der Waals surface area contributed by atoms with Crippen LogP contribution in [0.5, 0.6) is 0 Å². The molecule has 0 aliphatic heterocycles. The Morgan fingerprint density at radius 1 is 1.10 bits per heavy atom. The lowest BCUT2D eigenvalue weighted by Gasteiger charge is -2.17. The topological polar surface area (TPSA) is 64.6 Å². The van der Waals surface area contributed by atoms with Crippen LogP contribution in [0.2, 0.25) is 0 Å². The Morgan fingerprint density at radius 3 is 2.14 bits per heavy atom. The molecule has 0 heterocycles. The molecular formula is C15H25NO4S. The van der Waals surface area contributed by atoms with E-state index in [4.69, 9.17) is 9.47 Å². The molecule has 0 aromatic heterocycles. The van der Waals surface area contributed by atoms with Crippen molar-refractivity contribution in [2.45, 2.75) is 38.0 Å². The third kappa shape index (κ3) is 7.04. The van der Waals surface area contributed by atoms with E-state index in [9.17, 15) is 8.42 Å². The summed E-state index contributed by atoms with van der Waals surface area (Å²) >= 11 is 0. The molecule has 6 heteroatoms. The number of sulfone groups is 1. The summed E-state index contributed by atoms with van der Waals surface area (Å²) in [5.41, 5.74) is 1.05. The Morgan fingerprint density at radius 2 is 1.67 bits per heavy atom. The molecule has 1 aromatic carbocycles. The number of hydrogen-bond acceptors (Lipinski definition) is 5. The lowest BCUT2D eigenvalue weighted by Crippen LogP contribution is -2.24. The van der Waals surface area contributed by atoms with Crippen LogP contribution in [0.3, 0.4) is 0 Å². The Bertz CT molecular complexity index is 493. The summed E-state index contributed by atoms with van der Waals surface area (Å²) < 4.78 is 33.6. The molecule has 0 fully saturated rings. The Balaban J connectivity index is 2.35. The van der Waals surface area contributed by atoms with Crippen molar-refractivity contribution in [2.75, 3.05) is 26.0 Å². The molecule has 0 radical (unpaired) electrons. The lowest BCUT2D eigenvalue weighted by atomic mass is 10.2. The molecule has 1 aromatic rings. The van der Waals surface area contributed by atoms with E-state index in [-0.39, 0.29) is 6.29 Å². The highest BCUT2D eigenvalue weighted by atomic mass is 32.2. The van der Waals surface area contributed by atoms with Gasteiger partial charge in [-0.1, -0.05) is 12.1 Å². The van der Waals surface area contributed by atoms with Crippen LogP contribution in [0.4, 0.5) is 0 Å². The predicted molar refractivity (Wildman–Crippen MR) is 82.9 cm³/mol. The summed E-state index contributed by atoms with van der Waals surface area (Å²) in [6.07, 6.45) is 1.82. The summed E-state index contributed by atoms with van der Waals surface area (Å²) in [5.74, 6) is 0. The Kier molecular flexibility index (Phi) is 7.88. The van der Waals surface area contributed by atoms with Crippen LogP contribution in [-0.4, -0.2) is 40.7 Å². The van der Waals surface area contributed by atoms with Crippen LogP contribution in [-0.2, 0) is 25.9 Å². The molecule has 5 nitrogen and oxygen atoms in total. The number of nitrogens with one attached hydrogen (secondary N) is 1. The number of rotatable bonds is 10. The van der Waals surface area contributed by atoms with Gasteiger partial charge >= 0.3 is 0 Å². The van der Waals surface area contributed by atoms with Gasteiger partial charge in [0.2, 0.25) is 0 Å². The minimum Gasteiger partial charge on any atom is -0.353 e. The number of benzene rings is 1. The highest BCUT2D eigenvalue weighted by molar-refractivity contribution is 7.90. The van der Waals surface area contributed by atoms with Crippen LogP contribution in [0.1, 0.15) is 25.8 Å². The van der Waals surface area contributed by atoms with E-state index in [1.807, 2.05) is 26.0 Å². The molecule has 0 amide bonds. The standard InChI is InChI=1S/C15H25NO4S/c1-4-19-15(20-5-2)10-11-16-12-13-6-8-14(9-7-13)21(3,17)18/h6-9,15-16H,4-5,10-12H2,1-3H3. The molecule has 0 atom stereocenters. The zero-order chi connectivity index (χ0) is 15.7. The normalized spacial score (nSPS) is 12.0. The van der Waals surface area contributed by atoms with E-state index in [1.165, 1.54) is 6.26 Å². The van der Waals surface area contributed by atoms with Gasteiger partial charge in [0.1, 0.15) is 0 Å². The Hall–Kier alpha value is -0.950. The van der Waals surface area contributed by atoms with Crippen molar-refractivity contribution in [2.24, 2.45) is 0 Å². The first-order chi connectivity index (χ1) is 9.97. The van der Waals surface area contributed by atoms with E-state index in [1.54, 1.807) is 12.1 Å². The summed E-state index contributed by atoms with van der Waals surface area (Å²) in [7, 11) is -3.12. The highest BCUT2D eigenvalue weighted by Gasteiger charge is 2.08. The van der Waals surface area contributed by atoms with Crippen molar-refractivity contribution in [3.8, 4) is 0 Å². The van der Waals surface area contributed by atoms with Crippen LogP contribution >= 0.6 is 0 Å². The van der Waals surface area contributed by atoms with E-state index in [0.717, 1.165) is 18.5 Å². The van der Waals surface area contributed by atoms with Gasteiger partial charge in [-0.25, -0.2) is 8.42 Å². The lowest BCUT2D eigenvalue weighted by molar-refractivity contribution is -0.138. The van der Waals surface area contributed by atoms with Crippen molar-refractivity contribution in [1.29, 1.82) is 0 Å². The second-order valence-electron chi connectivity index (χ2n) is 4.72. The van der Waals surface area contributed by atoms with Crippen LogP contribution in [0.15, 0.2) is 29.2 Å². The monoisotopic (exact) mass is 315 g/mol.